The molecule has 17 heavy (non-hydrogen) atoms. The van der Waals surface area contributed by atoms with Gasteiger partial charge < -0.3 is 20.4 Å². The molecule has 7 heteroatoms. The third-order valence-corrected chi connectivity index (χ3v) is 3.06. The first-order chi connectivity index (χ1) is 8.28. The van der Waals surface area contributed by atoms with Crippen LogP contribution in [-0.4, -0.2) is 46.2 Å². The summed E-state index contributed by atoms with van der Waals surface area (Å²) < 4.78 is 5.34. The number of rotatable bonds is 2. The lowest BCUT2D eigenvalue weighted by molar-refractivity contribution is 0.121. The normalized spacial score (nSPS) is 20.3. The molecule has 1 aliphatic heterocycles. The van der Waals surface area contributed by atoms with Crippen LogP contribution in [0.3, 0.4) is 0 Å². The van der Waals surface area contributed by atoms with E-state index in [0.717, 1.165) is 30.8 Å². The van der Waals surface area contributed by atoms with Gasteiger partial charge in [0.1, 0.15) is 5.52 Å². The van der Waals surface area contributed by atoms with E-state index in [1.165, 1.54) is 0 Å². The van der Waals surface area contributed by atoms with Crippen LogP contribution in [0.15, 0.2) is 6.33 Å². The molecule has 1 aliphatic rings. The third-order valence-electron chi connectivity index (χ3n) is 3.06. The minimum atomic E-state index is 0.250. The molecular formula is C10H14N6O. The molecule has 0 aliphatic carbocycles. The number of H-pyrrole nitrogens is 1. The maximum Gasteiger partial charge on any atom is 0.224 e. The second-order valence-corrected chi connectivity index (χ2v) is 4.10. The highest BCUT2D eigenvalue weighted by atomic mass is 16.5. The Hall–Kier alpha value is -1.89. The summed E-state index contributed by atoms with van der Waals surface area (Å²) in [6.07, 6.45) is 2.85. The first-order valence-corrected chi connectivity index (χ1v) is 5.52. The number of ether oxygens (including phenoxy) is 1. The number of aromatic nitrogens is 4. The van der Waals surface area contributed by atoms with Crippen molar-refractivity contribution in [1.82, 2.24) is 19.9 Å². The Balaban J connectivity index is 2.02. The van der Waals surface area contributed by atoms with Gasteiger partial charge >= 0.3 is 0 Å². The lowest BCUT2D eigenvalue weighted by atomic mass is 10.3. The Morgan fingerprint density at radius 2 is 2.41 bits per heavy atom. The number of imidazole rings is 1. The third kappa shape index (κ3) is 1.68. The van der Waals surface area contributed by atoms with Crippen LogP contribution >= 0.6 is 0 Å². The molecule has 3 N–H and O–H groups in total. The van der Waals surface area contributed by atoms with Crippen molar-refractivity contribution in [3.05, 3.63) is 6.33 Å². The number of anilines is 2. The lowest BCUT2D eigenvalue weighted by Gasteiger charge is -2.17. The van der Waals surface area contributed by atoms with Crippen LogP contribution in [0.5, 0.6) is 0 Å². The average molecular weight is 234 g/mol. The quantitative estimate of drug-likeness (QED) is 0.769. The van der Waals surface area contributed by atoms with E-state index in [-0.39, 0.29) is 12.1 Å². The molecule has 0 amide bonds. The number of nitrogens with one attached hydrogen (secondary N) is 1. The van der Waals surface area contributed by atoms with E-state index >= 15 is 0 Å². The predicted octanol–water partition coefficient (Wildman–Crippen LogP) is 0.160. The summed E-state index contributed by atoms with van der Waals surface area (Å²) in [6, 6.07) is 0. The number of aromatic amines is 1. The SMILES string of the molecule is COC1CCN(c2nc(N)nc3nc[nH]c23)C1. The minimum Gasteiger partial charge on any atom is -0.380 e. The Kier molecular flexibility index (Phi) is 2.32. The van der Waals surface area contributed by atoms with Crippen LogP contribution in [0.25, 0.3) is 11.2 Å². The van der Waals surface area contributed by atoms with E-state index in [1.54, 1.807) is 13.4 Å². The first-order valence-electron chi connectivity index (χ1n) is 5.52. The van der Waals surface area contributed by atoms with Gasteiger partial charge in [0.25, 0.3) is 0 Å². The maximum atomic E-state index is 5.68. The van der Waals surface area contributed by atoms with Gasteiger partial charge in [0, 0.05) is 20.2 Å². The average Bonchev–Trinajstić information content (AvgIpc) is 2.95. The molecule has 3 rings (SSSR count). The van der Waals surface area contributed by atoms with Crippen LogP contribution in [0.1, 0.15) is 6.42 Å². The Bertz CT molecular complexity index is 539. The Labute approximate surface area is 98.0 Å². The van der Waals surface area contributed by atoms with Crippen molar-refractivity contribution < 1.29 is 4.74 Å². The first kappa shape index (κ1) is 10.3. The van der Waals surface area contributed by atoms with E-state index in [9.17, 15) is 0 Å². The molecule has 1 fully saturated rings. The van der Waals surface area contributed by atoms with Crippen LogP contribution in [0, 0.1) is 0 Å². The minimum absolute atomic E-state index is 0.250. The van der Waals surface area contributed by atoms with Crippen molar-refractivity contribution in [3.63, 3.8) is 0 Å². The van der Waals surface area contributed by atoms with E-state index < -0.39 is 0 Å². The van der Waals surface area contributed by atoms with Gasteiger partial charge in [-0.05, 0) is 6.42 Å². The summed E-state index contributed by atoms with van der Waals surface area (Å²) in [5, 5.41) is 0. The van der Waals surface area contributed by atoms with Crippen LogP contribution < -0.4 is 10.6 Å². The van der Waals surface area contributed by atoms with E-state index in [1.807, 2.05) is 0 Å². The second kappa shape index (κ2) is 3.85. The molecule has 90 valence electrons. The zero-order chi connectivity index (χ0) is 11.8. The molecule has 0 spiro atoms. The summed E-state index contributed by atoms with van der Waals surface area (Å²) >= 11 is 0. The second-order valence-electron chi connectivity index (χ2n) is 4.10. The fraction of sp³-hybridized carbons (Fsp3) is 0.500. The largest absolute Gasteiger partial charge is 0.380 e. The number of nitrogens with zero attached hydrogens (tertiary/aromatic N) is 4. The molecular weight excluding hydrogens is 220 g/mol. The molecule has 1 unspecified atom stereocenters. The predicted molar refractivity (Wildman–Crippen MR) is 63.7 cm³/mol. The summed E-state index contributed by atoms with van der Waals surface area (Å²) in [6.45, 7) is 1.73. The van der Waals surface area contributed by atoms with Crippen molar-refractivity contribution in [2.45, 2.75) is 12.5 Å². The maximum absolute atomic E-state index is 5.68. The number of nitrogens with two attached hydrogens (primary N) is 1. The van der Waals surface area contributed by atoms with Gasteiger partial charge in [-0.1, -0.05) is 0 Å². The smallest absolute Gasteiger partial charge is 0.224 e. The number of hydrogen-bond donors (Lipinski definition) is 2. The summed E-state index contributed by atoms with van der Waals surface area (Å²) in [5.41, 5.74) is 7.12. The van der Waals surface area contributed by atoms with Gasteiger partial charge in [-0.3, -0.25) is 0 Å². The van der Waals surface area contributed by atoms with E-state index in [4.69, 9.17) is 10.5 Å². The van der Waals surface area contributed by atoms with Crippen LogP contribution in [0.2, 0.25) is 0 Å². The molecule has 2 aromatic heterocycles. The fourth-order valence-corrected chi connectivity index (χ4v) is 2.18. The number of hydrogen-bond acceptors (Lipinski definition) is 6. The van der Waals surface area contributed by atoms with Gasteiger partial charge in [0.15, 0.2) is 11.5 Å². The monoisotopic (exact) mass is 234 g/mol. The number of methoxy groups -OCH3 is 1. The molecule has 1 atom stereocenters. The van der Waals surface area contributed by atoms with Crippen molar-refractivity contribution in [2.24, 2.45) is 0 Å². The van der Waals surface area contributed by atoms with Crippen molar-refractivity contribution in [2.75, 3.05) is 30.8 Å². The summed E-state index contributed by atoms with van der Waals surface area (Å²) in [4.78, 5) is 17.7. The lowest BCUT2D eigenvalue weighted by Crippen LogP contribution is -2.24. The van der Waals surface area contributed by atoms with Gasteiger partial charge in [-0.2, -0.15) is 9.97 Å². The molecule has 1 saturated heterocycles. The molecule has 0 radical (unpaired) electrons. The van der Waals surface area contributed by atoms with Crippen molar-refractivity contribution in [1.29, 1.82) is 0 Å². The molecule has 0 bridgehead atoms. The molecule has 0 saturated carbocycles. The van der Waals surface area contributed by atoms with Crippen LogP contribution in [-0.2, 0) is 4.74 Å². The molecule has 0 aromatic carbocycles. The summed E-state index contributed by atoms with van der Waals surface area (Å²) in [5.74, 6) is 1.06. The summed E-state index contributed by atoms with van der Waals surface area (Å²) in [7, 11) is 1.73. The fourth-order valence-electron chi connectivity index (χ4n) is 2.18. The topological polar surface area (TPSA) is 92.9 Å². The van der Waals surface area contributed by atoms with Gasteiger partial charge in [-0.15, -0.1) is 0 Å². The van der Waals surface area contributed by atoms with Crippen molar-refractivity contribution >= 4 is 22.9 Å². The van der Waals surface area contributed by atoms with Crippen molar-refractivity contribution in [3.8, 4) is 0 Å². The van der Waals surface area contributed by atoms with Gasteiger partial charge in [0.2, 0.25) is 5.95 Å². The molecule has 3 heterocycles. The number of fused-ring (bicyclic) bond motifs is 1. The van der Waals surface area contributed by atoms with Gasteiger partial charge in [-0.25, -0.2) is 4.98 Å². The highest BCUT2D eigenvalue weighted by Crippen LogP contribution is 2.25. The van der Waals surface area contributed by atoms with E-state index in [0.29, 0.717) is 5.65 Å². The van der Waals surface area contributed by atoms with Crippen LogP contribution in [0.4, 0.5) is 11.8 Å². The standard InChI is InChI=1S/C10H14N6O/c1-17-6-2-3-16(4-6)9-7-8(13-5-12-7)14-10(11)15-9/h5-6H,2-4H2,1H3,(H3,11,12,13,14,15). The van der Waals surface area contributed by atoms with Gasteiger partial charge in [0.05, 0.1) is 12.4 Å². The molecule has 2 aromatic rings. The highest BCUT2D eigenvalue weighted by Gasteiger charge is 2.25. The Morgan fingerprint density at radius 3 is 3.18 bits per heavy atom. The Morgan fingerprint density at radius 1 is 1.53 bits per heavy atom. The van der Waals surface area contributed by atoms with E-state index in [2.05, 4.69) is 24.8 Å². The zero-order valence-electron chi connectivity index (χ0n) is 9.55. The molecule has 7 nitrogen and oxygen atoms in total. The highest BCUT2D eigenvalue weighted by molar-refractivity contribution is 5.84. The zero-order valence-corrected chi connectivity index (χ0v) is 9.55. The number of nitrogen functional groups attached to an aromatic ring is 1.